The molecule has 1 amide bonds. The first-order valence-electron chi connectivity index (χ1n) is 11.5. The van der Waals surface area contributed by atoms with E-state index in [2.05, 4.69) is 18.7 Å². The van der Waals surface area contributed by atoms with Crippen molar-refractivity contribution in [3.8, 4) is 5.75 Å². The van der Waals surface area contributed by atoms with Gasteiger partial charge in [-0.3, -0.25) is 9.69 Å². The lowest BCUT2D eigenvalue weighted by molar-refractivity contribution is -0.118. The van der Waals surface area contributed by atoms with Gasteiger partial charge in [0.15, 0.2) is 5.13 Å². The number of benzene rings is 2. The highest BCUT2D eigenvalue weighted by molar-refractivity contribution is 7.99. The van der Waals surface area contributed by atoms with Crippen LogP contribution >= 0.6 is 23.1 Å². The Bertz CT molecular complexity index is 1020. The van der Waals surface area contributed by atoms with E-state index in [4.69, 9.17) is 9.72 Å². The number of carbonyl (C=O) groups is 1. The summed E-state index contributed by atoms with van der Waals surface area (Å²) in [5.74, 6) is 1.48. The van der Waals surface area contributed by atoms with Crippen molar-refractivity contribution >= 4 is 44.4 Å². The minimum absolute atomic E-state index is 0.0888. The van der Waals surface area contributed by atoms with Crippen molar-refractivity contribution in [2.75, 3.05) is 43.4 Å². The van der Waals surface area contributed by atoms with E-state index < -0.39 is 0 Å². The van der Waals surface area contributed by atoms with E-state index in [0.717, 1.165) is 57.8 Å². The van der Waals surface area contributed by atoms with Gasteiger partial charge >= 0.3 is 0 Å². The summed E-state index contributed by atoms with van der Waals surface area (Å²) in [6, 6.07) is 12.3. The fraction of sp³-hybridized carbons (Fsp3) is 0.440. The molecule has 0 bridgehead atoms. The number of carbonyl (C=O) groups excluding carboxylic acids is 1. The Hall–Kier alpha value is -2.16. The standard InChI is InChI=1S/C25H32FN3O2S2/c1-4-28(5-2)15-16-29(24(30)8-7-17-32-21-12-9-19(26)10-13-21)25-27-22-14-11-20(31-6-3)18-23(22)33-25/h9-14,18H,4-8,15-17H2,1-3H3. The van der Waals surface area contributed by atoms with Gasteiger partial charge in [-0.1, -0.05) is 25.2 Å². The Balaban J connectivity index is 1.68. The molecule has 0 aliphatic rings. The summed E-state index contributed by atoms with van der Waals surface area (Å²) in [6.07, 6.45) is 1.20. The number of amides is 1. The van der Waals surface area contributed by atoms with Gasteiger partial charge in [0, 0.05) is 24.4 Å². The SMILES string of the molecule is CCOc1ccc2nc(N(CCN(CC)CC)C(=O)CCCSc3ccc(F)cc3)sc2c1. The number of thioether (sulfide) groups is 1. The van der Waals surface area contributed by atoms with Gasteiger partial charge in [0.25, 0.3) is 0 Å². The number of anilines is 1. The fourth-order valence-corrected chi connectivity index (χ4v) is 5.34. The highest BCUT2D eigenvalue weighted by Crippen LogP contribution is 2.32. The number of halogens is 1. The quantitative estimate of drug-likeness (QED) is 0.215. The molecule has 1 aromatic heterocycles. The molecule has 3 aromatic rings. The average molecular weight is 490 g/mol. The van der Waals surface area contributed by atoms with Gasteiger partial charge in [0.05, 0.1) is 16.8 Å². The molecular weight excluding hydrogens is 457 g/mol. The molecule has 0 N–H and O–H groups in total. The van der Waals surface area contributed by atoms with Gasteiger partial charge < -0.3 is 9.64 Å². The lowest BCUT2D eigenvalue weighted by Gasteiger charge is -2.24. The second kappa shape index (κ2) is 12.9. The Morgan fingerprint density at radius 2 is 1.85 bits per heavy atom. The highest BCUT2D eigenvalue weighted by atomic mass is 32.2. The van der Waals surface area contributed by atoms with E-state index in [0.29, 0.717) is 19.6 Å². The fourth-order valence-electron chi connectivity index (χ4n) is 3.45. The molecule has 8 heteroatoms. The Kier molecular flexibility index (Phi) is 9.96. The Morgan fingerprint density at radius 1 is 1.09 bits per heavy atom. The number of hydrogen-bond acceptors (Lipinski definition) is 6. The molecule has 1 heterocycles. The van der Waals surface area contributed by atoms with Crippen molar-refractivity contribution < 1.29 is 13.9 Å². The monoisotopic (exact) mass is 489 g/mol. The largest absolute Gasteiger partial charge is 0.494 e. The van der Waals surface area contributed by atoms with E-state index in [1.54, 1.807) is 23.9 Å². The van der Waals surface area contributed by atoms with Crippen molar-refractivity contribution in [1.29, 1.82) is 0 Å². The van der Waals surface area contributed by atoms with Crippen molar-refractivity contribution in [2.24, 2.45) is 0 Å². The topological polar surface area (TPSA) is 45.7 Å². The summed E-state index contributed by atoms with van der Waals surface area (Å²) < 4.78 is 19.7. The maximum Gasteiger partial charge on any atom is 0.228 e. The van der Waals surface area contributed by atoms with Crippen LogP contribution in [0.25, 0.3) is 10.2 Å². The molecule has 0 fully saturated rings. The van der Waals surface area contributed by atoms with E-state index in [9.17, 15) is 9.18 Å². The number of ether oxygens (including phenoxy) is 1. The second-order valence-electron chi connectivity index (χ2n) is 7.54. The number of nitrogens with zero attached hydrogens (tertiary/aromatic N) is 3. The number of hydrogen-bond donors (Lipinski definition) is 0. The molecule has 0 atom stereocenters. The predicted molar refractivity (Wildman–Crippen MR) is 137 cm³/mol. The zero-order chi connectivity index (χ0) is 23.6. The molecule has 0 saturated heterocycles. The maximum absolute atomic E-state index is 13.2. The third-order valence-electron chi connectivity index (χ3n) is 5.34. The molecule has 2 aromatic carbocycles. The van der Waals surface area contributed by atoms with Crippen LogP contribution in [0.2, 0.25) is 0 Å². The van der Waals surface area contributed by atoms with Crippen LogP contribution < -0.4 is 9.64 Å². The van der Waals surface area contributed by atoms with Gasteiger partial charge in [-0.15, -0.1) is 11.8 Å². The van der Waals surface area contributed by atoms with Crippen LogP contribution in [0.3, 0.4) is 0 Å². The van der Waals surface area contributed by atoms with Crippen molar-refractivity contribution in [2.45, 2.75) is 38.5 Å². The minimum atomic E-state index is -0.234. The maximum atomic E-state index is 13.2. The lowest BCUT2D eigenvalue weighted by Crippen LogP contribution is -2.38. The van der Waals surface area contributed by atoms with Crippen LogP contribution in [-0.4, -0.2) is 54.3 Å². The molecular formula is C25H32FN3O2S2. The zero-order valence-electron chi connectivity index (χ0n) is 19.6. The smallest absolute Gasteiger partial charge is 0.228 e. The van der Waals surface area contributed by atoms with Gasteiger partial charge in [0.2, 0.25) is 5.91 Å². The predicted octanol–water partition coefficient (Wildman–Crippen LogP) is 6.08. The third kappa shape index (κ3) is 7.42. The molecule has 0 radical (unpaired) electrons. The van der Waals surface area contributed by atoms with E-state index in [1.807, 2.05) is 30.0 Å². The molecule has 178 valence electrons. The number of thiazole rings is 1. The number of fused-ring (bicyclic) bond motifs is 1. The third-order valence-corrected chi connectivity index (χ3v) is 7.48. The molecule has 33 heavy (non-hydrogen) atoms. The van der Waals surface area contributed by atoms with Crippen molar-refractivity contribution in [3.05, 3.63) is 48.3 Å². The molecule has 3 rings (SSSR count). The second-order valence-corrected chi connectivity index (χ2v) is 9.71. The average Bonchev–Trinajstić information content (AvgIpc) is 3.24. The summed E-state index contributed by atoms with van der Waals surface area (Å²) in [6.45, 7) is 10.2. The van der Waals surface area contributed by atoms with Crippen LogP contribution in [0.15, 0.2) is 47.4 Å². The van der Waals surface area contributed by atoms with Gasteiger partial charge in [0.1, 0.15) is 11.6 Å². The van der Waals surface area contributed by atoms with Crippen LogP contribution in [0, 0.1) is 5.82 Å². The molecule has 5 nitrogen and oxygen atoms in total. The van der Waals surface area contributed by atoms with Gasteiger partial charge in [-0.05, 0) is 74.7 Å². The molecule has 0 saturated carbocycles. The van der Waals surface area contributed by atoms with Gasteiger partial charge in [-0.2, -0.15) is 0 Å². The zero-order valence-corrected chi connectivity index (χ0v) is 21.2. The molecule has 0 spiro atoms. The summed E-state index contributed by atoms with van der Waals surface area (Å²) >= 11 is 3.17. The Labute approximate surface area is 203 Å². The first-order valence-corrected chi connectivity index (χ1v) is 13.3. The van der Waals surface area contributed by atoms with Crippen LogP contribution in [0.5, 0.6) is 5.75 Å². The van der Waals surface area contributed by atoms with Crippen molar-refractivity contribution in [1.82, 2.24) is 9.88 Å². The normalized spacial score (nSPS) is 11.3. The van der Waals surface area contributed by atoms with E-state index >= 15 is 0 Å². The summed E-state index contributed by atoms with van der Waals surface area (Å²) in [5.41, 5.74) is 0.881. The molecule has 0 aliphatic carbocycles. The number of rotatable bonds is 13. The first kappa shape index (κ1) is 25.5. The lowest BCUT2D eigenvalue weighted by atomic mass is 10.3. The number of likely N-dealkylation sites (N-methyl/N-ethyl adjacent to an activating group) is 1. The summed E-state index contributed by atoms with van der Waals surface area (Å²) in [5, 5.41) is 0.738. The van der Waals surface area contributed by atoms with Crippen LogP contribution in [0.1, 0.15) is 33.6 Å². The van der Waals surface area contributed by atoms with Gasteiger partial charge in [-0.25, -0.2) is 9.37 Å². The number of aromatic nitrogens is 1. The van der Waals surface area contributed by atoms with Crippen molar-refractivity contribution in [3.63, 3.8) is 0 Å². The first-order chi connectivity index (χ1) is 16.0. The van der Waals surface area contributed by atoms with Crippen LogP contribution in [-0.2, 0) is 4.79 Å². The summed E-state index contributed by atoms with van der Waals surface area (Å²) in [4.78, 5) is 23.1. The van der Waals surface area contributed by atoms with E-state index in [-0.39, 0.29) is 11.7 Å². The Morgan fingerprint density at radius 3 is 2.55 bits per heavy atom. The molecule has 0 aliphatic heterocycles. The minimum Gasteiger partial charge on any atom is -0.494 e. The molecule has 0 unspecified atom stereocenters. The highest BCUT2D eigenvalue weighted by Gasteiger charge is 2.20. The van der Waals surface area contributed by atoms with Crippen LogP contribution in [0.4, 0.5) is 9.52 Å². The van der Waals surface area contributed by atoms with E-state index in [1.165, 1.54) is 23.5 Å². The summed E-state index contributed by atoms with van der Waals surface area (Å²) in [7, 11) is 0.